The molecule has 2 N–H and O–H groups in total. The number of hydrogen-bond acceptors (Lipinski definition) is 2. The standard InChI is InChI=1S/C15H15ClFNO/c1-10(18)8-11-2-7-15(14(16)9-11)19-13-5-3-12(17)4-6-13/h2-7,9-10H,8,18H2,1H3. The lowest BCUT2D eigenvalue weighted by Gasteiger charge is -2.10. The first kappa shape index (κ1) is 13.8. The summed E-state index contributed by atoms with van der Waals surface area (Å²) in [5.41, 5.74) is 6.80. The molecule has 0 heterocycles. The van der Waals surface area contributed by atoms with Crippen molar-refractivity contribution in [3.8, 4) is 11.5 Å². The van der Waals surface area contributed by atoms with Crippen LogP contribution in [0.15, 0.2) is 42.5 Å². The average molecular weight is 280 g/mol. The van der Waals surface area contributed by atoms with Gasteiger partial charge in [-0.15, -0.1) is 0 Å². The number of benzene rings is 2. The minimum Gasteiger partial charge on any atom is -0.456 e. The summed E-state index contributed by atoms with van der Waals surface area (Å²) in [5, 5.41) is 0.516. The minimum atomic E-state index is -0.300. The van der Waals surface area contributed by atoms with Gasteiger partial charge in [-0.1, -0.05) is 17.7 Å². The van der Waals surface area contributed by atoms with Gasteiger partial charge in [0.25, 0.3) is 0 Å². The Labute approximate surface area is 117 Å². The molecule has 1 atom stereocenters. The van der Waals surface area contributed by atoms with Gasteiger partial charge in [-0.05, 0) is 55.3 Å². The number of rotatable bonds is 4. The van der Waals surface area contributed by atoms with Crippen molar-refractivity contribution < 1.29 is 9.13 Å². The topological polar surface area (TPSA) is 35.2 Å². The van der Waals surface area contributed by atoms with E-state index >= 15 is 0 Å². The second-order valence-corrected chi connectivity index (χ2v) is 4.91. The first-order valence-electron chi connectivity index (χ1n) is 6.02. The van der Waals surface area contributed by atoms with Gasteiger partial charge in [-0.3, -0.25) is 0 Å². The van der Waals surface area contributed by atoms with Crippen molar-refractivity contribution in [2.45, 2.75) is 19.4 Å². The molecule has 2 aromatic rings. The molecule has 0 fully saturated rings. The smallest absolute Gasteiger partial charge is 0.146 e. The van der Waals surface area contributed by atoms with Crippen molar-refractivity contribution in [1.29, 1.82) is 0 Å². The molecule has 0 saturated heterocycles. The molecule has 4 heteroatoms. The lowest BCUT2D eigenvalue weighted by atomic mass is 10.1. The molecular weight excluding hydrogens is 265 g/mol. The Morgan fingerprint density at radius 2 is 1.89 bits per heavy atom. The molecule has 2 rings (SSSR count). The van der Waals surface area contributed by atoms with Gasteiger partial charge in [0.1, 0.15) is 17.3 Å². The lowest BCUT2D eigenvalue weighted by Crippen LogP contribution is -2.17. The average Bonchev–Trinajstić information content (AvgIpc) is 2.34. The quantitative estimate of drug-likeness (QED) is 0.912. The highest BCUT2D eigenvalue weighted by atomic mass is 35.5. The first-order chi connectivity index (χ1) is 9.04. The highest BCUT2D eigenvalue weighted by Gasteiger charge is 2.06. The van der Waals surface area contributed by atoms with Crippen LogP contribution in [0, 0.1) is 5.82 Å². The van der Waals surface area contributed by atoms with E-state index in [4.69, 9.17) is 22.1 Å². The summed E-state index contributed by atoms with van der Waals surface area (Å²) in [5.74, 6) is 0.788. The summed E-state index contributed by atoms with van der Waals surface area (Å²) in [7, 11) is 0. The molecule has 100 valence electrons. The van der Waals surface area contributed by atoms with E-state index in [0.29, 0.717) is 16.5 Å². The van der Waals surface area contributed by atoms with E-state index in [9.17, 15) is 4.39 Å². The highest BCUT2D eigenvalue weighted by molar-refractivity contribution is 6.32. The molecule has 19 heavy (non-hydrogen) atoms. The van der Waals surface area contributed by atoms with Crippen LogP contribution in [0.25, 0.3) is 0 Å². The fourth-order valence-corrected chi connectivity index (χ4v) is 2.00. The predicted molar refractivity (Wildman–Crippen MR) is 75.3 cm³/mol. The van der Waals surface area contributed by atoms with E-state index < -0.39 is 0 Å². The van der Waals surface area contributed by atoms with Gasteiger partial charge in [0.2, 0.25) is 0 Å². The van der Waals surface area contributed by atoms with Crippen molar-refractivity contribution in [3.05, 3.63) is 58.9 Å². The molecule has 0 amide bonds. The monoisotopic (exact) mass is 279 g/mol. The molecule has 0 aliphatic carbocycles. The molecule has 0 aliphatic rings. The molecule has 2 aromatic carbocycles. The van der Waals surface area contributed by atoms with Crippen LogP contribution >= 0.6 is 11.6 Å². The predicted octanol–water partition coefficient (Wildman–Crippen LogP) is 4.16. The van der Waals surface area contributed by atoms with E-state index in [2.05, 4.69) is 0 Å². The van der Waals surface area contributed by atoms with Gasteiger partial charge in [-0.25, -0.2) is 4.39 Å². The first-order valence-corrected chi connectivity index (χ1v) is 6.40. The molecular formula is C15H15ClFNO. The number of hydrogen-bond donors (Lipinski definition) is 1. The summed E-state index contributed by atoms with van der Waals surface area (Å²) in [6.45, 7) is 1.94. The Bertz CT molecular complexity index is 555. The SMILES string of the molecule is CC(N)Cc1ccc(Oc2ccc(F)cc2)c(Cl)c1. The molecule has 0 aromatic heterocycles. The minimum absolute atomic E-state index is 0.0833. The Morgan fingerprint density at radius 3 is 2.47 bits per heavy atom. The molecule has 0 saturated carbocycles. The van der Waals surface area contributed by atoms with Gasteiger partial charge in [-0.2, -0.15) is 0 Å². The summed E-state index contributed by atoms with van der Waals surface area (Å²) in [6.07, 6.45) is 0.760. The van der Waals surface area contributed by atoms with Crippen molar-refractivity contribution in [2.24, 2.45) is 5.73 Å². The molecule has 0 radical (unpaired) electrons. The summed E-state index contributed by atoms with van der Waals surface area (Å²) >= 11 is 6.15. The van der Waals surface area contributed by atoms with Crippen molar-refractivity contribution >= 4 is 11.6 Å². The van der Waals surface area contributed by atoms with Crippen molar-refractivity contribution in [3.63, 3.8) is 0 Å². The zero-order valence-electron chi connectivity index (χ0n) is 10.6. The molecule has 0 spiro atoms. The van der Waals surface area contributed by atoms with Crippen molar-refractivity contribution in [1.82, 2.24) is 0 Å². The van der Waals surface area contributed by atoms with Crippen LogP contribution < -0.4 is 10.5 Å². The van der Waals surface area contributed by atoms with Crippen LogP contribution in [0.3, 0.4) is 0 Å². The second-order valence-electron chi connectivity index (χ2n) is 4.50. The van der Waals surface area contributed by atoms with E-state index in [-0.39, 0.29) is 11.9 Å². The highest BCUT2D eigenvalue weighted by Crippen LogP contribution is 2.30. The maximum absolute atomic E-state index is 12.8. The number of nitrogens with two attached hydrogens (primary N) is 1. The van der Waals surface area contributed by atoms with Crippen LogP contribution in [0.4, 0.5) is 4.39 Å². The van der Waals surface area contributed by atoms with Gasteiger partial charge >= 0.3 is 0 Å². The van der Waals surface area contributed by atoms with Gasteiger partial charge < -0.3 is 10.5 Å². The van der Waals surface area contributed by atoms with E-state index in [0.717, 1.165) is 12.0 Å². The summed E-state index contributed by atoms with van der Waals surface area (Å²) in [6, 6.07) is 11.4. The third-order valence-electron chi connectivity index (χ3n) is 2.60. The third-order valence-corrected chi connectivity index (χ3v) is 2.89. The van der Waals surface area contributed by atoms with E-state index in [1.54, 1.807) is 18.2 Å². The lowest BCUT2D eigenvalue weighted by molar-refractivity contribution is 0.480. The Hall–Kier alpha value is -1.58. The summed E-state index contributed by atoms with van der Waals surface area (Å²) in [4.78, 5) is 0. The van der Waals surface area contributed by atoms with Gasteiger partial charge in [0, 0.05) is 6.04 Å². The van der Waals surface area contributed by atoms with Gasteiger partial charge in [0.05, 0.1) is 5.02 Å². The van der Waals surface area contributed by atoms with Crippen LogP contribution in [-0.2, 0) is 6.42 Å². The largest absolute Gasteiger partial charge is 0.456 e. The maximum Gasteiger partial charge on any atom is 0.146 e. The summed E-state index contributed by atoms with van der Waals surface area (Å²) < 4.78 is 18.4. The molecule has 0 bridgehead atoms. The normalized spacial score (nSPS) is 12.2. The Kier molecular flexibility index (Phi) is 4.40. The van der Waals surface area contributed by atoms with E-state index in [1.807, 2.05) is 19.1 Å². The number of halogens is 2. The third kappa shape index (κ3) is 3.94. The van der Waals surface area contributed by atoms with Gasteiger partial charge in [0.15, 0.2) is 0 Å². The molecule has 1 unspecified atom stereocenters. The molecule has 0 aliphatic heterocycles. The zero-order valence-corrected chi connectivity index (χ0v) is 11.3. The number of ether oxygens (including phenoxy) is 1. The zero-order chi connectivity index (χ0) is 13.8. The fourth-order valence-electron chi connectivity index (χ4n) is 1.76. The van der Waals surface area contributed by atoms with Crippen LogP contribution in [0.2, 0.25) is 5.02 Å². The van der Waals surface area contributed by atoms with E-state index in [1.165, 1.54) is 12.1 Å². The Morgan fingerprint density at radius 1 is 1.21 bits per heavy atom. The fraction of sp³-hybridized carbons (Fsp3) is 0.200. The second kappa shape index (κ2) is 6.04. The van der Waals surface area contributed by atoms with Crippen LogP contribution in [0.5, 0.6) is 11.5 Å². The maximum atomic E-state index is 12.8. The van der Waals surface area contributed by atoms with Crippen LogP contribution in [-0.4, -0.2) is 6.04 Å². The Balaban J connectivity index is 2.15. The molecule has 2 nitrogen and oxygen atoms in total. The van der Waals surface area contributed by atoms with Crippen LogP contribution in [0.1, 0.15) is 12.5 Å². The van der Waals surface area contributed by atoms with Crippen molar-refractivity contribution in [2.75, 3.05) is 0 Å².